The lowest BCUT2D eigenvalue weighted by atomic mass is 9.87. The summed E-state index contributed by atoms with van der Waals surface area (Å²) in [6.45, 7) is 14.4. The Morgan fingerprint density at radius 2 is 1.35 bits per heavy atom. The van der Waals surface area contributed by atoms with E-state index in [0.717, 1.165) is 30.6 Å². The van der Waals surface area contributed by atoms with Crippen molar-refractivity contribution in [1.82, 2.24) is 0 Å². The van der Waals surface area contributed by atoms with Crippen LogP contribution in [0.2, 0.25) is 0 Å². The molecule has 0 heterocycles. The molecule has 0 spiro atoms. The van der Waals surface area contributed by atoms with Crippen LogP contribution in [-0.2, 0) is 9.53 Å². The van der Waals surface area contributed by atoms with Crippen LogP contribution in [-0.4, -0.2) is 12.6 Å². The molecule has 0 aliphatic rings. The molecule has 156 valence electrons. The predicted octanol–water partition coefficient (Wildman–Crippen LogP) is 7.80. The van der Waals surface area contributed by atoms with E-state index >= 15 is 0 Å². The van der Waals surface area contributed by atoms with E-state index in [0.29, 0.717) is 18.9 Å². The van der Waals surface area contributed by atoms with Crippen molar-refractivity contribution in [1.29, 1.82) is 0 Å². The lowest BCUT2D eigenvalue weighted by molar-refractivity contribution is -0.144. The number of carbonyl (C=O) groups excluding carboxylic acids is 1. The molecule has 4 unspecified atom stereocenters. The van der Waals surface area contributed by atoms with Gasteiger partial charge in [-0.05, 0) is 42.9 Å². The third kappa shape index (κ3) is 14.6. The summed E-state index contributed by atoms with van der Waals surface area (Å²) in [4.78, 5) is 11.9. The lowest BCUT2D eigenvalue weighted by Crippen LogP contribution is -2.11. The molecule has 0 aromatic rings. The second-order valence-corrected chi connectivity index (χ2v) is 8.90. The van der Waals surface area contributed by atoms with Gasteiger partial charge >= 0.3 is 5.97 Å². The molecule has 2 nitrogen and oxygen atoms in total. The zero-order chi connectivity index (χ0) is 19.8. The van der Waals surface area contributed by atoms with Gasteiger partial charge in [-0.2, -0.15) is 0 Å². The highest BCUT2D eigenvalue weighted by Gasteiger charge is 2.13. The Morgan fingerprint density at radius 1 is 0.731 bits per heavy atom. The average molecular weight is 369 g/mol. The van der Waals surface area contributed by atoms with Crippen LogP contribution in [0.5, 0.6) is 0 Å². The second kappa shape index (κ2) is 16.6. The summed E-state index contributed by atoms with van der Waals surface area (Å²) in [5.74, 6) is 2.99. The summed E-state index contributed by atoms with van der Waals surface area (Å²) in [5.41, 5.74) is 0. The number of ether oxygens (including phenoxy) is 1. The Balaban J connectivity index is 3.64. The number of esters is 1. The molecule has 0 N–H and O–H groups in total. The maximum atomic E-state index is 11.9. The highest BCUT2D eigenvalue weighted by atomic mass is 16.5. The SMILES string of the molecule is CCCCCC(C)C(C)CCCOC(=O)CCC(C)CCCC(C)CC. The van der Waals surface area contributed by atoms with E-state index in [-0.39, 0.29) is 5.97 Å². The molecule has 4 atom stereocenters. The summed E-state index contributed by atoms with van der Waals surface area (Å²) >= 11 is 0. The fourth-order valence-corrected chi connectivity index (χ4v) is 3.48. The summed E-state index contributed by atoms with van der Waals surface area (Å²) in [6, 6.07) is 0. The molecule has 0 aromatic heterocycles. The van der Waals surface area contributed by atoms with Gasteiger partial charge in [0, 0.05) is 6.42 Å². The third-order valence-corrected chi connectivity index (χ3v) is 6.23. The number of hydrogen-bond acceptors (Lipinski definition) is 2. The van der Waals surface area contributed by atoms with Gasteiger partial charge in [-0.3, -0.25) is 4.79 Å². The van der Waals surface area contributed by atoms with Crippen molar-refractivity contribution in [2.24, 2.45) is 23.7 Å². The van der Waals surface area contributed by atoms with Crippen molar-refractivity contribution in [2.75, 3.05) is 6.61 Å². The van der Waals surface area contributed by atoms with Crippen molar-refractivity contribution < 1.29 is 9.53 Å². The summed E-state index contributed by atoms with van der Waals surface area (Å²) in [7, 11) is 0. The van der Waals surface area contributed by atoms with Crippen LogP contribution in [0.15, 0.2) is 0 Å². The molecule has 0 fully saturated rings. The quantitative estimate of drug-likeness (QED) is 0.193. The molecule has 0 rings (SSSR count). The Kier molecular flexibility index (Phi) is 16.3. The first-order chi connectivity index (χ1) is 12.4. The number of unbranched alkanes of at least 4 members (excludes halogenated alkanes) is 2. The zero-order valence-corrected chi connectivity index (χ0v) is 18.8. The van der Waals surface area contributed by atoms with Crippen LogP contribution in [0.3, 0.4) is 0 Å². The fraction of sp³-hybridized carbons (Fsp3) is 0.958. The van der Waals surface area contributed by atoms with Gasteiger partial charge in [0.2, 0.25) is 0 Å². The van der Waals surface area contributed by atoms with Crippen LogP contribution in [0.1, 0.15) is 119 Å². The number of carbonyl (C=O) groups is 1. The van der Waals surface area contributed by atoms with Crippen molar-refractivity contribution in [2.45, 2.75) is 119 Å². The van der Waals surface area contributed by atoms with Crippen molar-refractivity contribution in [3.05, 3.63) is 0 Å². The minimum absolute atomic E-state index is 0.00224. The first-order valence-electron chi connectivity index (χ1n) is 11.6. The molecule has 0 bridgehead atoms. The topological polar surface area (TPSA) is 26.3 Å². The normalized spacial score (nSPS) is 16.1. The van der Waals surface area contributed by atoms with Gasteiger partial charge in [0.15, 0.2) is 0 Å². The number of hydrogen-bond donors (Lipinski definition) is 0. The highest BCUT2D eigenvalue weighted by molar-refractivity contribution is 5.69. The van der Waals surface area contributed by atoms with E-state index in [2.05, 4.69) is 41.5 Å². The van der Waals surface area contributed by atoms with Gasteiger partial charge in [0.05, 0.1) is 6.61 Å². The maximum absolute atomic E-state index is 11.9. The summed E-state index contributed by atoms with van der Waals surface area (Å²) in [6.07, 6.45) is 14.2. The van der Waals surface area contributed by atoms with Gasteiger partial charge in [-0.1, -0.05) is 92.9 Å². The molecule has 0 saturated carbocycles. The van der Waals surface area contributed by atoms with Crippen LogP contribution in [0, 0.1) is 23.7 Å². The molecule has 26 heavy (non-hydrogen) atoms. The van der Waals surface area contributed by atoms with Crippen LogP contribution in [0.25, 0.3) is 0 Å². The largest absolute Gasteiger partial charge is 0.466 e. The van der Waals surface area contributed by atoms with Crippen LogP contribution < -0.4 is 0 Å². The van der Waals surface area contributed by atoms with Crippen molar-refractivity contribution in [3.63, 3.8) is 0 Å². The van der Waals surface area contributed by atoms with Gasteiger partial charge in [-0.25, -0.2) is 0 Å². The molecule has 0 aliphatic carbocycles. The van der Waals surface area contributed by atoms with Gasteiger partial charge in [0.25, 0.3) is 0 Å². The van der Waals surface area contributed by atoms with Gasteiger partial charge in [0.1, 0.15) is 0 Å². The molecule has 0 amide bonds. The smallest absolute Gasteiger partial charge is 0.305 e. The van der Waals surface area contributed by atoms with Crippen molar-refractivity contribution >= 4 is 5.97 Å². The Labute approximate surface area is 164 Å². The van der Waals surface area contributed by atoms with E-state index in [1.807, 2.05) is 0 Å². The summed E-state index contributed by atoms with van der Waals surface area (Å²) in [5, 5.41) is 0. The van der Waals surface area contributed by atoms with E-state index in [9.17, 15) is 4.79 Å². The minimum Gasteiger partial charge on any atom is -0.466 e. The molecular weight excluding hydrogens is 320 g/mol. The first-order valence-corrected chi connectivity index (χ1v) is 11.6. The van der Waals surface area contributed by atoms with E-state index in [1.165, 1.54) is 57.8 Å². The van der Waals surface area contributed by atoms with Crippen LogP contribution >= 0.6 is 0 Å². The molecule has 0 radical (unpaired) electrons. The Hall–Kier alpha value is -0.530. The summed E-state index contributed by atoms with van der Waals surface area (Å²) < 4.78 is 5.44. The average Bonchev–Trinajstić information content (AvgIpc) is 2.63. The Bertz CT molecular complexity index is 326. The number of rotatable bonds is 17. The third-order valence-electron chi connectivity index (χ3n) is 6.23. The van der Waals surface area contributed by atoms with Gasteiger partial charge in [-0.15, -0.1) is 0 Å². The Morgan fingerprint density at radius 3 is 1.96 bits per heavy atom. The van der Waals surface area contributed by atoms with Gasteiger partial charge < -0.3 is 4.74 Å². The van der Waals surface area contributed by atoms with E-state index < -0.39 is 0 Å². The molecule has 0 aromatic carbocycles. The van der Waals surface area contributed by atoms with Crippen LogP contribution in [0.4, 0.5) is 0 Å². The first kappa shape index (κ1) is 25.5. The monoisotopic (exact) mass is 368 g/mol. The fourth-order valence-electron chi connectivity index (χ4n) is 3.48. The molecule has 0 saturated heterocycles. The molecule has 2 heteroatoms. The minimum atomic E-state index is 0.00224. The molecule has 0 aliphatic heterocycles. The predicted molar refractivity (Wildman–Crippen MR) is 114 cm³/mol. The molecular formula is C24H48O2. The van der Waals surface area contributed by atoms with Crippen molar-refractivity contribution in [3.8, 4) is 0 Å². The lowest BCUT2D eigenvalue weighted by Gasteiger charge is -2.19. The zero-order valence-electron chi connectivity index (χ0n) is 18.8. The second-order valence-electron chi connectivity index (χ2n) is 8.90. The maximum Gasteiger partial charge on any atom is 0.305 e. The van der Waals surface area contributed by atoms with E-state index in [1.54, 1.807) is 0 Å². The van der Waals surface area contributed by atoms with E-state index in [4.69, 9.17) is 4.74 Å². The standard InChI is InChI=1S/C24H48O2/c1-7-9-10-15-22(5)23(6)16-12-19-26-24(25)18-17-21(4)14-11-13-20(3)8-2/h20-23H,7-19H2,1-6H3. The highest BCUT2D eigenvalue weighted by Crippen LogP contribution is 2.23.